The third kappa shape index (κ3) is 3.26. The van der Waals surface area contributed by atoms with E-state index in [1.165, 1.54) is 7.11 Å². The van der Waals surface area contributed by atoms with Gasteiger partial charge in [0.25, 0.3) is 0 Å². The van der Waals surface area contributed by atoms with E-state index >= 15 is 0 Å². The van der Waals surface area contributed by atoms with Crippen molar-refractivity contribution in [3.05, 3.63) is 29.6 Å². The van der Waals surface area contributed by atoms with Crippen LogP contribution in [0, 0.1) is 17.7 Å². The van der Waals surface area contributed by atoms with Gasteiger partial charge in [0.15, 0.2) is 11.6 Å². The first-order chi connectivity index (χ1) is 6.94. The van der Waals surface area contributed by atoms with Crippen molar-refractivity contribution in [1.29, 1.82) is 0 Å². The van der Waals surface area contributed by atoms with E-state index in [-0.39, 0.29) is 5.75 Å². The van der Waals surface area contributed by atoms with E-state index in [0.717, 1.165) is 0 Å². The van der Waals surface area contributed by atoms with Crippen molar-refractivity contribution in [2.24, 2.45) is 5.73 Å². The number of ether oxygens (including phenoxy) is 1. The molecule has 0 aromatic heterocycles. The molecule has 0 aliphatic rings. The maximum absolute atomic E-state index is 13.6. The summed E-state index contributed by atoms with van der Waals surface area (Å²) in [5.74, 6) is 5.20. The Morgan fingerprint density at radius 1 is 1.40 bits per heavy atom. The second-order valence-electron chi connectivity index (χ2n) is 3.79. The summed E-state index contributed by atoms with van der Waals surface area (Å²) in [4.78, 5) is 0. The molecule has 1 rings (SSSR count). The van der Waals surface area contributed by atoms with Crippen molar-refractivity contribution in [3.63, 3.8) is 0 Å². The molecule has 0 saturated heterocycles. The molecule has 0 fully saturated rings. The zero-order valence-electron chi connectivity index (χ0n) is 9.10. The molecule has 1 aromatic carbocycles. The van der Waals surface area contributed by atoms with E-state index in [1.807, 2.05) is 0 Å². The fourth-order valence-electron chi connectivity index (χ4n) is 0.993. The van der Waals surface area contributed by atoms with Crippen LogP contribution in [0.3, 0.4) is 0 Å². The first kappa shape index (κ1) is 11.5. The van der Waals surface area contributed by atoms with Crippen LogP contribution in [-0.2, 0) is 0 Å². The summed E-state index contributed by atoms with van der Waals surface area (Å²) in [7, 11) is 1.42. The molecule has 0 radical (unpaired) electrons. The van der Waals surface area contributed by atoms with Crippen LogP contribution in [0.15, 0.2) is 18.2 Å². The molecule has 0 spiro atoms. The summed E-state index contributed by atoms with van der Waals surface area (Å²) in [5.41, 5.74) is 5.35. The number of hydrogen-bond acceptors (Lipinski definition) is 2. The Bertz CT molecular complexity index is 410. The fraction of sp³-hybridized carbons (Fsp3) is 0.333. The highest BCUT2D eigenvalue weighted by Gasteiger charge is 2.08. The lowest BCUT2D eigenvalue weighted by atomic mass is 10.1. The van der Waals surface area contributed by atoms with E-state index < -0.39 is 11.4 Å². The minimum Gasteiger partial charge on any atom is -0.494 e. The molecule has 0 bridgehead atoms. The number of benzene rings is 1. The summed E-state index contributed by atoms with van der Waals surface area (Å²) in [6.45, 7) is 3.52. The first-order valence-electron chi connectivity index (χ1n) is 4.58. The Hall–Kier alpha value is -1.53. The smallest absolute Gasteiger partial charge is 0.180 e. The van der Waals surface area contributed by atoms with Crippen molar-refractivity contribution in [2.75, 3.05) is 7.11 Å². The predicted octanol–water partition coefficient (Wildman–Crippen LogP) is 1.92. The van der Waals surface area contributed by atoms with Gasteiger partial charge in [0.2, 0.25) is 0 Å². The van der Waals surface area contributed by atoms with Crippen LogP contribution < -0.4 is 10.5 Å². The van der Waals surface area contributed by atoms with Crippen molar-refractivity contribution in [2.45, 2.75) is 19.4 Å². The van der Waals surface area contributed by atoms with Crippen LogP contribution in [0.1, 0.15) is 19.4 Å². The van der Waals surface area contributed by atoms with Crippen molar-refractivity contribution >= 4 is 0 Å². The van der Waals surface area contributed by atoms with Gasteiger partial charge in [-0.15, -0.1) is 0 Å². The van der Waals surface area contributed by atoms with E-state index in [2.05, 4.69) is 11.8 Å². The molecule has 2 nitrogen and oxygen atoms in total. The normalized spacial score (nSPS) is 10.5. The molecule has 2 N–H and O–H groups in total. The zero-order chi connectivity index (χ0) is 11.5. The summed E-state index contributed by atoms with van der Waals surface area (Å²) in [6.07, 6.45) is 0. The van der Waals surface area contributed by atoms with Crippen molar-refractivity contribution in [3.8, 4) is 17.6 Å². The van der Waals surface area contributed by atoms with E-state index in [0.29, 0.717) is 5.56 Å². The maximum atomic E-state index is 13.6. The zero-order valence-corrected chi connectivity index (χ0v) is 9.10. The lowest BCUT2D eigenvalue weighted by Crippen LogP contribution is -2.29. The summed E-state index contributed by atoms with van der Waals surface area (Å²) in [5, 5.41) is 0. The summed E-state index contributed by atoms with van der Waals surface area (Å²) in [6, 6.07) is 4.83. The van der Waals surface area contributed by atoms with Crippen LogP contribution in [0.25, 0.3) is 0 Å². The molecule has 1 aromatic rings. The quantitative estimate of drug-likeness (QED) is 0.714. The SMILES string of the molecule is COc1cccc(C#CC(C)(C)N)c1F. The minimum atomic E-state index is -0.629. The van der Waals surface area contributed by atoms with Gasteiger partial charge in [0.1, 0.15) is 0 Å². The number of halogens is 1. The second-order valence-corrected chi connectivity index (χ2v) is 3.79. The van der Waals surface area contributed by atoms with Crippen molar-refractivity contribution in [1.82, 2.24) is 0 Å². The van der Waals surface area contributed by atoms with Crippen LogP contribution in [0.2, 0.25) is 0 Å². The Balaban J connectivity index is 3.10. The number of rotatable bonds is 1. The van der Waals surface area contributed by atoms with Gasteiger partial charge in [0, 0.05) is 0 Å². The average molecular weight is 207 g/mol. The van der Waals surface area contributed by atoms with Gasteiger partial charge in [-0.1, -0.05) is 17.9 Å². The standard InChI is InChI=1S/C12H14FNO/c1-12(2,14)8-7-9-5-4-6-10(15-3)11(9)13/h4-6H,14H2,1-3H3. The van der Waals surface area contributed by atoms with E-state index in [9.17, 15) is 4.39 Å². The highest BCUT2D eigenvalue weighted by molar-refractivity contribution is 5.42. The molecule has 0 unspecified atom stereocenters. The molecule has 0 aliphatic carbocycles. The number of nitrogens with two attached hydrogens (primary N) is 1. The molecule has 0 atom stereocenters. The van der Waals surface area contributed by atoms with Gasteiger partial charge in [-0.3, -0.25) is 0 Å². The first-order valence-corrected chi connectivity index (χ1v) is 4.58. The van der Waals surface area contributed by atoms with Gasteiger partial charge in [-0.2, -0.15) is 0 Å². The third-order valence-corrected chi connectivity index (χ3v) is 1.70. The molecule has 3 heteroatoms. The molecule has 0 aliphatic heterocycles. The number of hydrogen-bond donors (Lipinski definition) is 1. The lowest BCUT2D eigenvalue weighted by Gasteiger charge is -2.08. The minimum absolute atomic E-state index is 0.191. The van der Waals surface area contributed by atoms with Crippen molar-refractivity contribution < 1.29 is 9.13 Å². The van der Waals surface area contributed by atoms with Gasteiger partial charge < -0.3 is 10.5 Å². The van der Waals surface area contributed by atoms with E-state index in [4.69, 9.17) is 10.5 Å². The fourth-order valence-corrected chi connectivity index (χ4v) is 0.993. The van der Waals surface area contributed by atoms with E-state index in [1.54, 1.807) is 32.0 Å². The molecular weight excluding hydrogens is 193 g/mol. The second kappa shape index (κ2) is 4.33. The van der Waals surface area contributed by atoms with Crippen LogP contribution in [-0.4, -0.2) is 12.6 Å². The number of methoxy groups -OCH3 is 1. The molecule has 80 valence electrons. The lowest BCUT2D eigenvalue weighted by molar-refractivity contribution is 0.386. The molecule has 0 amide bonds. The van der Waals surface area contributed by atoms with Crippen LogP contribution in [0.4, 0.5) is 4.39 Å². The Morgan fingerprint density at radius 2 is 2.07 bits per heavy atom. The van der Waals surface area contributed by atoms with Gasteiger partial charge in [0.05, 0.1) is 18.2 Å². The molecular formula is C12H14FNO. The maximum Gasteiger partial charge on any atom is 0.180 e. The Morgan fingerprint density at radius 3 is 2.60 bits per heavy atom. The highest BCUT2D eigenvalue weighted by Crippen LogP contribution is 2.19. The Kier molecular flexibility index (Phi) is 3.33. The van der Waals surface area contributed by atoms with Gasteiger partial charge in [-0.05, 0) is 26.0 Å². The summed E-state index contributed by atoms with van der Waals surface area (Å²) >= 11 is 0. The molecule has 15 heavy (non-hydrogen) atoms. The monoisotopic (exact) mass is 207 g/mol. The van der Waals surface area contributed by atoms with Crippen LogP contribution in [0.5, 0.6) is 5.75 Å². The molecule has 0 saturated carbocycles. The third-order valence-electron chi connectivity index (χ3n) is 1.70. The summed E-state index contributed by atoms with van der Waals surface area (Å²) < 4.78 is 18.4. The van der Waals surface area contributed by atoms with Crippen LogP contribution >= 0.6 is 0 Å². The van der Waals surface area contributed by atoms with Gasteiger partial charge >= 0.3 is 0 Å². The topological polar surface area (TPSA) is 35.2 Å². The predicted molar refractivity (Wildman–Crippen MR) is 58.1 cm³/mol. The molecule has 0 heterocycles. The largest absolute Gasteiger partial charge is 0.494 e. The highest BCUT2D eigenvalue weighted by atomic mass is 19.1. The van der Waals surface area contributed by atoms with Gasteiger partial charge in [-0.25, -0.2) is 4.39 Å². The average Bonchev–Trinajstić information content (AvgIpc) is 2.15. The Labute approximate surface area is 89.2 Å².